The van der Waals surface area contributed by atoms with Crippen molar-refractivity contribution < 1.29 is 23.1 Å². The molecule has 6 heteroatoms. The molecule has 0 spiro atoms. The molecular formula is C20H21F2NO3. The molecule has 0 saturated heterocycles. The topological polar surface area (TPSA) is 55.4 Å². The lowest BCUT2D eigenvalue weighted by Gasteiger charge is -2.17. The first-order valence-corrected chi connectivity index (χ1v) is 8.17. The fraction of sp³-hybridized carbons (Fsp3) is 0.300. The van der Waals surface area contributed by atoms with Gasteiger partial charge in [0.05, 0.1) is 13.5 Å². The van der Waals surface area contributed by atoms with Crippen LogP contribution in [0.2, 0.25) is 0 Å². The van der Waals surface area contributed by atoms with Gasteiger partial charge in [0.25, 0.3) is 0 Å². The summed E-state index contributed by atoms with van der Waals surface area (Å²) in [6.45, 7) is 3.94. The highest BCUT2D eigenvalue weighted by atomic mass is 19.1. The lowest BCUT2D eigenvalue weighted by molar-refractivity contribution is -0.145. The van der Waals surface area contributed by atoms with Crippen molar-refractivity contribution in [1.29, 1.82) is 0 Å². The van der Waals surface area contributed by atoms with Crippen LogP contribution in [0.4, 0.5) is 8.78 Å². The van der Waals surface area contributed by atoms with Crippen LogP contribution in [0.1, 0.15) is 22.3 Å². The van der Waals surface area contributed by atoms with Crippen LogP contribution in [-0.2, 0) is 27.2 Å². The minimum atomic E-state index is -0.891. The van der Waals surface area contributed by atoms with Gasteiger partial charge in [-0.15, -0.1) is 0 Å². The molecule has 26 heavy (non-hydrogen) atoms. The molecule has 0 heterocycles. The molecule has 4 nitrogen and oxygen atoms in total. The highest BCUT2D eigenvalue weighted by molar-refractivity contribution is 5.85. The summed E-state index contributed by atoms with van der Waals surface area (Å²) in [5, 5.41) is 2.57. The second kappa shape index (κ2) is 8.56. The molecule has 0 aromatic heterocycles. The van der Waals surface area contributed by atoms with Crippen LogP contribution in [0.5, 0.6) is 0 Å². The number of benzene rings is 2. The molecule has 0 aliphatic carbocycles. The third kappa shape index (κ3) is 5.12. The molecule has 0 radical (unpaired) electrons. The quantitative estimate of drug-likeness (QED) is 0.805. The average molecular weight is 361 g/mol. The van der Waals surface area contributed by atoms with Gasteiger partial charge in [0.2, 0.25) is 5.91 Å². The molecule has 2 aromatic carbocycles. The van der Waals surface area contributed by atoms with Crippen molar-refractivity contribution in [3.63, 3.8) is 0 Å². The lowest BCUT2D eigenvalue weighted by Crippen LogP contribution is -2.43. The fourth-order valence-corrected chi connectivity index (χ4v) is 2.59. The molecule has 0 bridgehead atoms. The third-order valence-electron chi connectivity index (χ3n) is 4.20. The van der Waals surface area contributed by atoms with Gasteiger partial charge in [-0.2, -0.15) is 0 Å². The minimum absolute atomic E-state index is 0.0543. The molecule has 0 aliphatic rings. The number of aryl methyl sites for hydroxylation is 2. The number of rotatable bonds is 6. The molecule has 138 valence electrons. The number of hydrogen-bond donors (Lipinski definition) is 1. The van der Waals surface area contributed by atoms with Crippen molar-refractivity contribution in [2.24, 2.45) is 0 Å². The van der Waals surface area contributed by atoms with Crippen molar-refractivity contribution >= 4 is 11.9 Å². The molecule has 1 N–H and O–H groups in total. The van der Waals surface area contributed by atoms with Crippen LogP contribution in [0.25, 0.3) is 0 Å². The summed E-state index contributed by atoms with van der Waals surface area (Å²) in [4.78, 5) is 24.2. The summed E-state index contributed by atoms with van der Waals surface area (Å²) in [6, 6.07) is 7.88. The van der Waals surface area contributed by atoms with Gasteiger partial charge in [-0.3, -0.25) is 4.79 Å². The summed E-state index contributed by atoms with van der Waals surface area (Å²) in [5.74, 6) is -2.65. The Morgan fingerprint density at radius 1 is 1.08 bits per heavy atom. The number of methoxy groups -OCH3 is 1. The Morgan fingerprint density at radius 3 is 2.42 bits per heavy atom. The van der Waals surface area contributed by atoms with Gasteiger partial charge >= 0.3 is 5.97 Å². The Morgan fingerprint density at radius 2 is 1.81 bits per heavy atom. The van der Waals surface area contributed by atoms with Crippen molar-refractivity contribution in [2.75, 3.05) is 7.11 Å². The summed E-state index contributed by atoms with van der Waals surface area (Å²) in [5.41, 5.74) is 3.13. The maximum Gasteiger partial charge on any atom is 0.328 e. The Bertz CT molecular complexity index is 821. The zero-order valence-electron chi connectivity index (χ0n) is 14.9. The lowest BCUT2D eigenvalue weighted by atomic mass is 10.0. The standard InChI is InChI=1S/C20H21F2NO3/c1-12-4-5-14(8-13(12)2)9-18(20(25)26-3)23-19(24)10-15-6-7-16(21)11-17(15)22/h4-8,11,18H,9-10H2,1-3H3,(H,23,24)/t18-/m0/s1. The molecule has 2 rings (SSSR count). The molecule has 1 amide bonds. The van der Waals surface area contributed by atoms with E-state index in [0.717, 1.165) is 28.8 Å². The second-order valence-electron chi connectivity index (χ2n) is 6.18. The number of hydrogen-bond acceptors (Lipinski definition) is 3. The molecule has 0 unspecified atom stereocenters. The van der Waals surface area contributed by atoms with E-state index >= 15 is 0 Å². The summed E-state index contributed by atoms with van der Waals surface area (Å²) in [7, 11) is 1.24. The van der Waals surface area contributed by atoms with E-state index in [1.165, 1.54) is 13.2 Å². The van der Waals surface area contributed by atoms with Gasteiger partial charge in [-0.1, -0.05) is 24.3 Å². The first-order chi connectivity index (χ1) is 12.3. The van der Waals surface area contributed by atoms with E-state index in [1.807, 2.05) is 32.0 Å². The number of halogens is 2. The van der Waals surface area contributed by atoms with Gasteiger partial charge in [0.15, 0.2) is 0 Å². The van der Waals surface area contributed by atoms with E-state index in [0.29, 0.717) is 0 Å². The molecule has 0 fully saturated rings. The second-order valence-corrected chi connectivity index (χ2v) is 6.18. The monoisotopic (exact) mass is 361 g/mol. The predicted molar refractivity (Wildman–Crippen MR) is 93.6 cm³/mol. The Hall–Kier alpha value is -2.76. The van der Waals surface area contributed by atoms with Crippen LogP contribution in [-0.4, -0.2) is 25.0 Å². The number of amides is 1. The van der Waals surface area contributed by atoms with E-state index in [9.17, 15) is 18.4 Å². The predicted octanol–water partition coefficient (Wildman–Crippen LogP) is 3.02. The zero-order chi connectivity index (χ0) is 19.3. The maximum atomic E-state index is 13.7. The summed E-state index contributed by atoms with van der Waals surface area (Å²) in [6.07, 6.45) is -0.0437. The van der Waals surface area contributed by atoms with Gasteiger partial charge in [0.1, 0.15) is 17.7 Å². The SMILES string of the molecule is COC(=O)[C@H](Cc1ccc(C)c(C)c1)NC(=O)Cc1ccc(F)cc1F. The van der Waals surface area contributed by atoms with Gasteiger partial charge in [-0.05, 0) is 42.2 Å². The molecule has 1 atom stereocenters. The van der Waals surface area contributed by atoms with Crippen LogP contribution < -0.4 is 5.32 Å². The largest absolute Gasteiger partial charge is 0.467 e. The van der Waals surface area contributed by atoms with Gasteiger partial charge in [-0.25, -0.2) is 13.6 Å². The normalized spacial score (nSPS) is 11.7. The van der Waals surface area contributed by atoms with Crippen molar-refractivity contribution in [3.05, 3.63) is 70.3 Å². The number of carbonyl (C=O) groups excluding carboxylic acids is 2. The first-order valence-electron chi connectivity index (χ1n) is 8.17. The van der Waals surface area contributed by atoms with E-state index in [-0.39, 0.29) is 18.4 Å². The highest BCUT2D eigenvalue weighted by Crippen LogP contribution is 2.13. The van der Waals surface area contributed by atoms with Crippen LogP contribution in [0.3, 0.4) is 0 Å². The highest BCUT2D eigenvalue weighted by Gasteiger charge is 2.22. The van der Waals surface area contributed by atoms with Crippen LogP contribution >= 0.6 is 0 Å². The molecule has 0 aliphatic heterocycles. The number of nitrogens with one attached hydrogen (secondary N) is 1. The average Bonchev–Trinajstić information content (AvgIpc) is 2.59. The van der Waals surface area contributed by atoms with Crippen LogP contribution in [0.15, 0.2) is 36.4 Å². The molecular weight excluding hydrogens is 340 g/mol. The van der Waals surface area contributed by atoms with Crippen molar-refractivity contribution in [1.82, 2.24) is 5.32 Å². The summed E-state index contributed by atoms with van der Waals surface area (Å²) >= 11 is 0. The van der Waals surface area contributed by atoms with Crippen molar-refractivity contribution in [3.8, 4) is 0 Å². The van der Waals surface area contributed by atoms with E-state index in [1.54, 1.807) is 0 Å². The van der Waals surface area contributed by atoms with Gasteiger partial charge < -0.3 is 10.1 Å². The summed E-state index contributed by atoms with van der Waals surface area (Å²) < 4.78 is 31.4. The van der Waals surface area contributed by atoms with Gasteiger partial charge in [0, 0.05) is 12.5 Å². The zero-order valence-corrected chi connectivity index (χ0v) is 14.9. The van der Waals surface area contributed by atoms with E-state index in [4.69, 9.17) is 4.74 Å². The number of esters is 1. The Labute approximate surface area is 151 Å². The van der Waals surface area contributed by atoms with Crippen molar-refractivity contribution in [2.45, 2.75) is 32.7 Å². The Balaban J connectivity index is 2.10. The Kier molecular flexibility index (Phi) is 6.44. The number of ether oxygens (including phenoxy) is 1. The maximum absolute atomic E-state index is 13.7. The minimum Gasteiger partial charge on any atom is -0.467 e. The molecule has 2 aromatic rings. The third-order valence-corrected chi connectivity index (χ3v) is 4.20. The molecule has 0 saturated carbocycles. The first kappa shape index (κ1) is 19.6. The number of carbonyl (C=O) groups is 2. The smallest absolute Gasteiger partial charge is 0.328 e. The van der Waals surface area contributed by atoms with E-state index < -0.39 is 29.6 Å². The fourth-order valence-electron chi connectivity index (χ4n) is 2.59. The van der Waals surface area contributed by atoms with Crippen LogP contribution in [0, 0.1) is 25.5 Å². The van der Waals surface area contributed by atoms with E-state index in [2.05, 4.69) is 5.32 Å².